The first-order valence-corrected chi connectivity index (χ1v) is 5.11. The SMILES string of the molecule is CCc1cccc(NNC(N)=O)c1CC. The van der Waals surface area contributed by atoms with Crippen LogP contribution in [0.25, 0.3) is 0 Å². The summed E-state index contributed by atoms with van der Waals surface area (Å²) in [6, 6.07) is 5.39. The van der Waals surface area contributed by atoms with Gasteiger partial charge in [0.15, 0.2) is 0 Å². The topological polar surface area (TPSA) is 67.2 Å². The number of urea groups is 1. The number of benzene rings is 1. The van der Waals surface area contributed by atoms with Crippen LogP contribution in [0.3, 0.4) is 0 Å². The zero-order valence-corrected chi connectivity index (χ0v) is 9.13. The van der Waals surface area contributed by atoms with Crippen LogP contribution in [-0.2, 0) is 12.8 Å². The van der Waals surface area contributed by atoms with Gasteiger partial charge in [0.05, 0.1) is 5.69 Å². The van der Waals surface area contributed by atoms with Gasteiger partial charge in [0.2, 0.25) is 0 Å². The lowest BCUT2D eigenvalue weighted by atomic mass is 10.0. The van der Waals surface area contributed by atoms with Gasteiger partial charge in [-0.15, -0.1) is 0 Å². The Labute approximate surface area is 89.8 Å². The number of hydrogen-bond acceptors (Lipinski definition) is 2. The zero-order valence-electron chi connectivity index (χ0n) is 9.13. The summed E-state index contributed by atoms with van der Waals surface area (Å²) in [7, 11) is 0. The molecule has 1 rings (SSSR count). The maximum Gasteiger partial charge on any atom is 0.330 e. The molecule has 0 aliphatic rings. The number of aryl methyl sites for hydroxylation is 1. The van der Waals surface area contributed by atoms with Gasteiger partial charge in [0.1, 0.15) is 0 Å². The minimum absolute atomic E-state index is 0.584. The predicted molar refractivity (Wildman–Crippen MR) is 61.5 cm³/mol. The summed E-state index contributed by atoms with van der Waals surface area (Å²) in [6.45, 7) is 4.20. The molecule has 0 bridgehead atoms. The molecule has 82 valence electrons. The first kappa shape index (κ1) is 11.4. The Bertz CT molecular complexity index is 350. The summed E-state index contributed by atoms with van der Waals surface area (Å²) in [5.41, 5.74) is 13.6. The van der Waals surface area contributed by atoms with Crippen LogP contribution >= 0.6 is 0 Å². The maximum absolute atomic E-state index is 10.6. The van der Waals surface area contributed by atoms with Crippen molar-refractivity contribution >= 4 is 11.7 Å². The van der Waals surface area contributed by atoms with Gasteiger partial charge in [-0.25, -0.2) is 4.79 Å². The quantitative estimate of drug-likeness (QED) is 0.659. The van der Waals surface area contributed by atoms with Gasteiger partial charge >= 0.3 is 6.03 Å². The molecule has 0 heterocycles. The third kappa shape index (κ3) is 2.87. The normalized spacial score (nSPS) is 9.73. The molecule has 0 aliphatic heterocycles. The van der Waals surface area contributed by atoms with Crippen molar-refractivity contribution in [2.75, 3.05) is 5.43 Å². The van der Waals surface area contributed by atoms with Gasteiger partial charge in [0, 0.05) is 0 Å². The molecule has 0 aliphatic carbocycles. The minimum Gasteiger partial charge on any atom is -0.350 e. The third-order valence-electron chi connectivity index (χ3n) is 2.33. The molecule has 0 unspecified atom stereocenters. The average Bonchev–Trinajstić information content (AvgIpc) is 2.25. The Morgan fingerprint density at radius 3 is 2.60 bits per heavy atom. The Morgan fingerprint density at radius 2 is 2.07 bits per heavy atom. The summed E-state index contributed by atoms with van der Waals surface area (Å²) < 4.78 is 0. The number of hydrazine groups is 1. The standard InChI is InChI=1S/C11H17N3O/c1-3-8-6-5-7-10(9(8)4-2)13-14-11(12)15/h5-7,13H,3-4H2,1-2H3,(H3,12,14,15). The number of nitrogens with one attached hydrogen (secondary N) is 2. The lowest BCUT2D eigenvalue weighted by Gasteiger charge is -2.13. The Balaban J connectivity index is 2.90. The van der Waals surface area contributed by atoms with E-state index in [-0.39, 0.29) is 0 Å². The van der Waals surface area contributed by atoms with Crippen molar-refractivity contribution in [1.29, 1.82) is 0 Å². The summed E-state index contributed by atoms with van der Waals surface area (Å²) in [5, 5.41) is 0. The summed E-state index contributed by atoms with van der Waals surface area (Å²) in [6.07, 6.45) is 1.90. The maximum atomic E-state index is 10.6. The van der Waals surface area contributed by atoms with Crippen molar-refractivity contribution in [2.45, 2.75) is 26.7 Å². The first-order chi connectivity index (χ1) is 7.19. The van der Waals surface area contributed by atoms with E-state index in [1.54, 1.807) is 0 Å². The molecular weight excluding hydrogens is 190 g/mol. The lowest BCUT2D eigenvalue weighted by molar-refractivity contribution is 0.250. The number of nitrogens with two attached hydrogens (primary N) is 1. The minimum atomic E-state index is -0.584. The largest absolute Gasteiger partial charge is 0.350 e. The number of carbonyl (C=O) groups excluding carboxylic acids is 1. The van der Waals surface area contributed by atoms with E-state index in [0.717, 1.165) is 18.5 Å². The first-order valence-electron chi connectivity index (χ1n) is 5.11. The summed E-state index contributed by atoms with van der Waals surface area (Å²) in [5.74, 6) is 0. The van der Waals surface area contributed by atoms with Crippen LogP contribution < -0.4 is 16.6 Å². The molecular formula is C11H17N3O. The Hall–Kier alpha value is -1.71. The summed E-state index contributed by atoms with van der Waals surface area (Å²) >= 11 is 0. The Morgan fingerprint density at radius 1 is 1.33 bits per heavy atom. The molecule has 0 aromatic heterocycles. The monoisotopic (exact) mass is 207 g/mol. The molecule has 1 aromatic carbocycles. The highest BCUT2D eigenvalue weighted by molar-refractivity contribution is 5.73. The molecule has 4 nitrogen and oxygen atoms in total. The van der Waals surface area contributed by atoms with Gasteiger partial charge in [-0.2, -0.15) is 0 Å². The van der Waals surface area contributed by atoms with Gasteiger partial charge in [-0.3, -0.25) is 10.9 Å². The van der Waals surface area contributed by atoms with Crippen molar-refractivity contribution in [1.82, 2.24) is 5.43 Å². The van der Waals surface area contributed by atoms with Gasteiger partial charge < -0.3 is 5.73 Å². The van der Waals surface area contributed by atoms with Crippen molar-refractivity contribution in [3.63, 3.8) is 0 Å². The van der Waals surface area contributed by atoms with Crippen LogP contribution in [0.4, 0.5) is 10.5 Å². The van der Waals surface area contributed by atoms with E-state index in [1.165, 1.54) is 11.1 Å². The second kappa shape index (κ2) is 5.24. The van der Waals surface area contributed by atoms with Crippen LogP contribution in [0.5, 0.6) is 0 Å². The molecule has 4 heteroatoms. The second-order valence-electron chi connectivity index (χ2n) is 3.26. The third-order valence-corrected chi connectivity index (χ3v) is 2.33. The molecule has 1 aromatic rings. The fourth-order valence-corrected chi connectivity index (χ4v) is 1.63. The van der Waals surface area contributed by atoms with Crippen LogP contribution in [-0.4, -0.2) is 6.03 Å². The number of hydrogen-bond donors (Lipinski definition) is 3. The van der Waals surface area contributed by atoms with E-state index in [9.17, 15) is 4.79 Å². The van der Waals surface area contributed by atoms with Crippen LogP contribution in [0.2, 0.25) is 0 Å². The molecule has 0 atom stereocenters. The van der Waals surface area contributed by atoms with E-state index < -0.39 is 6.03 Å². The Kier molecular flexibility index (Phi) is 3.97. The zero-order chi connectivity index (χ0) is 11.3. The average molecular weight is 207 g/mol. The highest BCUT2D eigenvalue weighted by atomic mass is 16.2. The number of rotatable bonds is 4. The van der Waals surface area contributed by atoms with Gasteiger partial charge in [-0.1, -0.05) is 26.0 Å². The highest BCUT2D eigenvalue weighted by Crippen LogP contribution is 2.20. The van der Waals surface area contributed by atoms with Crippen molar-refractivity contribution in [3.05, 3.63) is 29.3 Å². The summed E-state index contributed by atoms with van der Waals surface area (Å²) in [4.78, 5) is 10.6. The van der Waals surface area contributed by atoms with Gasteiger partial charge in [0.25, 0.3) is 0 Å². The lowest BCUT2D eigenvalue weighted by Crippen LogP contribution is -2.34. The van der Waals surface area contributed by atoms with E-state index in [2.05, 4.69) is 30.8 Å². The molecule has 0 radical (unpaired) electrons. The van der Waals surface area contributed by atoms with Crippen LogP contribution in [0.1, 0.15) is 25.0 Å². The molecule has 0 saturated carbocycles. The second-order valence-corrected chi connectivity index (χ2v) is 3.26. The smallest absolute Gasteiger partial charge is 0.330 e. The van der Waals surface area contributed by atoms with Crippen molar-refractivity contribution < 1.29 is 4.79 Å². The van der Waals surface area contributed by atoms with Crippen LogP contribution in [0.15, 0.2) is 18.2 Å². The fourth-order valence-electron chi connectivity index (χ4n) is 1.63. The van der Waals surface area contributed by atoms with Crippen LogP contribution in [0, 0.1) is 0 Å². The van der Waals surface area contributed by atoms with Crippen molar-refractivity contribution in [3.8, 4) is 0 Å². The van der Waals surface area contributed by atoms with E-state index in [1.807, 2.05) is 12.1 Å². The number of carbonyl (C=O) groups is 1. The predicted octanol–water partition coefficient (Wildman–Crippen LogP) is 1.81. The number of amides is 2. The van der Waals surface area contributed by atoms with Crippen molar-refractivity contribution in [2.24, 2.45) is 5.73 Å². The van der Waals surface area contributed by atoms with E-state index in [4.69, 9.17) is 5.73 Å². The van der Waals surface area contributed by atoms with Gasteiger partial charge in [-0.05, 0) is 30.0 Å². The number of anilines is 1. The number of primary amides is 1. The molecule has 0 saturated heterocycles. The van der Waals surface area contributed by atoms with E-state index in [0.29, 0.717) is 0 Å². The molecule has 0 spiro atoms. The molecule has 15 heavy (non-hydrogen) atoms. The highest BCUT2D eigenvalue weighted by Gasteiger charge is 2.04. The molecule has 0 fully saturated rings. The molecule has 4 N–H and O–H groups in total. The molecule has 2 amide bonds. The van der Waals surface area contributed by atoms with E-state index >= 15 is 0 Å². The fraction of sp³-hybridized carbons (Fsp3) is 0.364.